The number of rotatable bonds is 7. The molecule has 4 N–H and O–H groups in total. The highest BCUT2D eigenvalue weighted by molar-refractivity contribution is 5.69. The summed E-state index contributed by atoms with van der Waals surface area (Å²) in [4.78, 5) is 7.31. The van der Waals surface area contributed by atoms with Gasteiger partial charge in [0.1, 0.15) is 5.82 Å². The van der Waals surface area contributed by atoms with E-state index in [1.54, 1.807) is 18.5 Å². The smallest absolute Gasteiger partial charge is 0.167 e. The highest BCUT2D eigenvalue weighted by Gasteiger charge is 2.15. The first-order chi connectivity index (χ1) is 10.2. The van der Waals surface area contributed by atoms with Crippen LogP contribution in [0.15, 0.2) is 24.5 Å². The number of nitrogens with two attached hydrogens (primary N) is 1. The number of nitrogens with zero attached hydrogens (tertiary/aromatic N) is 1. The fourth-order valence-corrected chi connectivity index (χ4v) is 2.04. The summed E-state index contributed by atoms with van der Waals surface area (Å²) in [5, 5.41) is 3.28. The van der Waals surface area contributed by atoms with Gasteiger partial charge in [0, 0.05) is 24.5 Å². The number of ether oxygens (including phenoxy) is 1. The summed E-state index contributed by atoms with van der Waals surface area (Å²) in [5.74, 6) is 0.581. The zero-order chi connectivity index (χ0) is 15.2. The molecular weight excluding hydrogens is 271 g/mol. The number of nitrogens with one attached hydrogen (secondary N) is 2. The number of hydrogen-bond acceptors (Lipinski definition) is 4. The average molecular weight is 292 g/mol. The Morgan fingerprint density at radius 2 is 2.24 bits per heavy atom. The van der Waals surface area contributed by atoms with Crippen molar-refractivity contribution in [2.45, 2.75) is 32.7 Å². The van der Waals surface area contributed by atoms with Crippen LogP contribution in [0, 0.1) is 5.82 Å². The van der Waals surface area contributed by atoms with Crippen molar-refractivity contribution in [1.29, 1.82) is 0 Å². The Balaban J connectivity index is 2.22. The lowest BCUT2D eigenvalue weighted by atomic mass is 10.1. The van der Waals surface area contributed by atoms with Crippen molar-refractivity contribution in [3.63, 3.8) is 0 Å². The molecule has 1 atom stereocenters. The van der Waals surface area contributed by atoms with Gasteiger partial charge in [-0.25, -0.2) is 9.37 Å². The van der Waals surface area contributed by atoms with E-state index in [1.807, 2.05) is 13.8 Å². The maximum Gasteiger partial charge on any atom is 0.167 e. The standard InChI is InChI=1S/C15H21FN4O/c1-3-7-21-14-9-13(11(17)8-10(14)16)20-12(4-2)15-18-5-6-19-15/h5-6,8-9,12,20H,3-4,7,17H2,1-2H3,(H,18,19). The van der Waals surface area contributed by atoms with Gasteiger partial charge in [-0.15, -0.1) is 0 Å². The summed E-state index contributed by atoms with van der Waals surface area (Å²) in [7, 11) is 0. The van der Waals surface area contributed by atoms with Gasteiger partial charge in [0.25, 0.3) is 0 Å². The van der Waals surface area contributed by atoms with Crippen LogP contribution in [0.3, 0.4) is 0 Å². The van der Waals surface area contributed by atoms with Gasteiger partial charge >= 0.3 is 0 Å². The van der Waals surface area contributed by atoms with Gasteiger partial charge in [-0.3, -0.25) is 0 Å². The summed E-state index contributed by atoms with van der Waals surface area (Å²) in [5.41, 5.74) is 6.88. The Bertz CT molecular complexity index is 571. The number of anilines is 2. The molecule has 2 rings (SSSR count). The minimum Gasteiger partial charge on any atom is -0.490 e. The van der Waals surface area contributed by atoms with E-state index in [1.165, 1.54) is 6.07 Å². The first-order valence-electron chi connectivity index (χ1n) is 7.13. The van der Waals surface area contributed by atoms with Crippen LogP contribution in [0.1, 0.15) is 38.6 Å². The molecule has 1 heterocycles. The van der Waals surface area contributed by atoms with Gasteiger partial charge in [-0.05, 0) is 12.8 Å². The Labute approximate surface area is 123 Å². The molecule has 1 aromatic carbocycles. The second kappa shape index (κ2) is 6.97. The highest BCUT2D eigenvalue weighted by Crippen LogP contribution is 2.31. The molecule has 0 aliphatic rings. The summed E-state index contributed by atoms with van der Waals surface area (Å²) < 4.78 is 19.2. The number of H-pyrrole nitrogens is 1. The fourth-order valence-electron chi connectivity index (χ4n) is 2.04. The lowest BCUT2D eigenvalue weighted by molar-refractivity contribution is 0.301. The Hall–Kier alpha value is -2.24. The molecular formula is C15H21FN4O. The second-order valence-corrected chi connectivity index (χ2v) is 4.80. The number of aromatic amines is 1. The Kier molecular flexibility index (Phi) is 5.03. The van der Waals surface area contributed by atoms with E-state index in [0.29, 0.717) is 18.0 Å². The monoisotopic (exact) mass is 292 g/mol. The second-order valence-electron chi connectivity index (χ2n) is 4.80. The highest BCUT2D eigenvalue weighted by atomic mass is 19.1. The van der Waals surface area contributed by atoms with E-state index in [-0.39, 0.29) is 11.8 Å². The SMILES string of the molecule is CCCOc1cc(NC(CC)c2ncc[nH]2)c(N)cc1F. The number of halogens is 1. The molecule has 2 aromatic rings. The van der Waals surface area contributed by atoms with Crippen molar-refractivity contribution in [3.05, 3.63) is 36.2 Å². The van der Waals surface area contributed by atoms with Gasteiger partial charge in [-0.1, -0.05) is 13.8 Å². The van der Waals surface area contributed by atoms with Crippen LogP contribution in [0.5, 0.6) is 5.75 Å². The molecule has 114 valence electrons. The molecule has 5 nitrogen and oxygen atoms in total. The maximum absolute atomic E-state index is 13.8. The number of aromatic nitrogens is 2. The van der Waals surface area contributed by atoms with Gasteiger partial charge in [0.05, 0.1) is 24.0 Å². The minimum atomic E-state index is -0.447. The fraction of sp³-hybridized carbons (Fsp3) is 0.400. The van der Waals surface area contributed by atoms with Crippen LogP contribution >= 0.6 is 0 Å². The Morgan fingerprint density at radius 1 is 1.43 bits per heavy atom. The topological polar surface area (TPSA) is 76.0 Å². The van der Waals surface area contributed by atoms with Crippen molar-refractivity contribution in [3.8, 4) is 5.75 Å². The average Bonchev–Trinajstić information content (AvgIpc) is 2.99. The molecule has 0 fully saturated rings. The van der Waals surface area contributed by atoms with Crippen molar-refractivity contribution >= 4 is 11.4 Å². The molecule has 0 aliphatic carbocycles. The lowest BCUT2D eigenvalue weighted by Gasteiger charge is -2.19. The maximum atomic E-state index is 13.8. The summed E-state index contributed by atoms with van der Waals surface area (Å²) >= 11 is 0. The largest absolute Gasteiger partial charge is 0.490 e. The van der Waals surface area contributed by atoms with Crippen LogP contribution in [-0.2, 0) is 0 Å². The predicted octanol–water partition coefficient (Wildman–Crippen LogP) is 3.48. The first kappa shape index (κ1) is 15.2. The molecule has 21 heavy (non-hydrogen) atoms. The van der Waals surface area contributed by atoms with Gasteiger partial charge in [0.2, 0.25) is 0 Å². The van der Waals surface area contributed by atoms with Crippen molar-refractivity contribution < 1.29 is 9.13 Å². The molecule has 0 saturated heterocycles. The van der Waals surface area contributed by atoms with E-state index in [0.717, 1.165) is 18.7 Å². The van der Waals surface area contributed by atoms with E-state index >= 15 is 0 Å². The van der Waals surface area contributed by atoms with Gasteiger partial charge < -0.3 is 20.8 Å². The van der Waals surface area contributed by atoms with E-state index in [9.17, 15) is 4.39 Å². The Morgan fingerprint density at radius 3 is 2.86 bits per heavy atom. The molecule has 0 aliphatic heterocycles. The van der Waals surface area contributed by atoms with Crippen molar-refractivity contribution in [2.75, 3.05) is 17.7 Å². The quantitative estimate of drug-likeness (QED) is 0.683. The van der Waals surface area contributed by atoms with E-state index in [4.69, 9.17) is 10.5 Å². The molecule has 1 aromatic heterocycles. The van der Waals surface area contributed by atoms with Crippen molar-refractivity contribution in [1.82, 2.24) is 9.97 Å². The van der Waals surface area contributed by atoms with Gasteiger partial charge in [-0.2, -0.15) is 0 Å². The first-order valence-corrected chi connectivity index (χ1v) is 7.13. The molecule has 6 heteroatoms. The summed E-state index contributed by atoms with van der Waals surface area (Å²) in [6, 6.07) is 2.86. The predicted molar refractivity (Wildman–Crippen MR) is 81.8 cm³/mol. The molecule has 1 unspecified atom stereocenters. The van der Waals surface area contributed by atoms with Crippen LogP contribution in [-0.4, -0.2) is 16.6 Å². The summed E-state index contributed by atoms with van der Waals surface area (Å²) in [6.45, 7) is 4.47. The molecule has 0 saturated carbocycles. The van der Waals surface area contributed by atoms with Crippen LogP contribution in [0.25, 0.3) is 0 Å². The minimum absolute atomic E-state index is 0.0215. The van der Waals surface area contributed by atoms with Crippen LogP contribution in [0.2, 0.25) is 0 Å². The van der Waals surface area contributed by atoms with Crippen LogP contribution < -0.4 is 15.8 Å². The summed E-state index contributed by atoms with van der Waals surface area (Å²) in [6.07, 6.45) is 5.10. The third-order valence-corrected chi connectivity index (χ3v) is 3.15. The third-order valence-electron chi connectivity index (χ3n) is 3.15. The van der Waals surface area contributed by atoms with Gasteiger partial charge in [0.15, 0.2) is 11.6 Å². The molecule has 0 bridgehead atoms. The lowest BCUT2D eigenvalue weighted by Crippen LogP contribution is -2.13. The zero-order valence-corrected chi connectivity index (χ0v) is 12.3. The number of nitrogen functional groups attached to an aromatic ring is 1. The third kappa shape index (κ3) is 3.65. The molecule has 0 spiro atoms. The number of imidazole rings is 1. The normalized spacial score (nSPS) is 12.1. The van der Waals surface area contributed by atoms with Crippen LogP contribution in [0.4, 0.5) is 15.8 Å². The van der Waals surface area contributed by atoms with Crippen molar-refractivity contribution in [2.24, 2.45) is 0 Å². The molecule has 0 amide bonds. The number of benzene rings is 1. The number of hydrogen-bond donors (Lipinski definition) is 3. The molecule has 0 radical (unpaired) electrons. The van der Waals surface area contributed by atoms with E-state index in [2.05, 4.69) is 15.3 Å². The zero-order valence-electron chi connectivity index (χ0n) is 12.3. The van der Waals surface area contributed by atoms with E-state index < -0.39 is 5.82 Å².